The molecule has 0 saturated heterocycles. The van der Waals surface area contributed by atoms with Gasteiger partial charge in [-0.2, -0.15) is 0 Å². The number of amides is 2. The van der Waals surface area contributed by atoms with Crippen molar-refractivity contribution >= 4 is 34.8 Å². The molecule has 3 rings (SSSR count). The molecule has 0 atom stereocenters. The first kappa shape index (κ1) is 19.1. The molecule has 27 heavy (non-hydrogen) atoms. The number of rotatable bonds is 6. The molecule has 1 aliphatic carbocycles. The van der Waals surface area contributed by atoms with Crippen LogP contribution in [0.5, 0.6) is 0 Å². The molecule has 3 N–H and O–H groups in total. The van der Waals surface area contributed by atoms with Crippen molar-refractivity contribution in [2.75, 3.05) is 5.32 Å². The van der Waals surface area contributed by atoms with E-state index < -0.39 is 0 Å². The van der Waals surface area contributed by atoms with E-state index in [-0.39, 0.29) is 16.9 Å². The Hall–Kier alpha value is -2.67. The van der Waals surface area contributed by atoms with Crippen molar-refractivity contribution in [3.05, 3.63) is 54.0 Å². The largest absolute Gasteiger partial charge is 0.467 e. The van der Waals surface area contributed by atoms with Gasteiger partial charge in [0.15, 0.2) is 5.11 Å². The molecule has 0 aliphatic heterocycles. The maximum atomic E-state index is 12.1. The van der Waals surface area contributed by atoms with E-state index in [1.54, 1.807) is 42.7 Å². The highest BCUT2D eigenvalue weighted by Gasteiger charge is 2.18. The van der Waals surface area contributed by atoms with Gasteiger partial charge < -0.3 is 20.4 Å². The smallest absolute Gasteiger partial charge is 0.251 e. The van der Waals surface area contributed by atoms with E-state index in [2.05, 4.69) is 16.0 Å². The number of hydrogen-bond donors (Lipinski definition) is 3. The van der Waals surface area contributed by atoms with Crippen molar-refractivity contribution in [1.82, 2.24) is 10.6 Å². The fraction of sp³-hybridized carbons (Fsp3) is 0.350. The number of carbonyl (C=O) groups is 2. The van der Waals surface area contributed by atoms with Crippen LogP contribution in [0.15, 0.2) is 47.1 Å². The Bertz CT molecular complexity index is 781. The molecular formula is C20H23N3O3S. The summed E-state index contributed by atoms with van der Waals surface area (Å²) in [6.07, 6.45) is 6.76. The Labute approximate surface area is 163 Å². The summed E-state index contributed by atoms with van der Waals surface area (Å²) in [5, 5.41) is 8.75. The molecule has 2 aromatic rings. The number of nitrogens with one attached hydrogen (secondary N) is 3. The summed E-state index contributed by atoms with van der Waals surface area (Å²) in [6, 6.07) is 10.5. The van der Waals surface area contributed by atoms with Crippen molar-refractivity contribution in [1.29, 1.82) is 0 Å². The van der Waals surface area contributed by atoms with E-state index in [0.29, 0.717) is 35.9 Å². The molecule has 1 heterocycles. The monoisotopic (exact) mass is 385 g/mol. The van der Waals surface area contributed by atoms with Gasteiger partial charge in [0.1, 0.15) is 5.76 Å². The van der Waals surface area contributed by atoms with E-state index in [0.717, 1.165) is 12.8 Å². The molecule has 0 bridgehead atoms. The molecule has 1 fully saturated rings. The highest BCUT2D eigenvalue weighted by molar-refractivity contribution is 7.80. The highest BCUT2D eigenvalue weighted by Crippen LogP contribution is 2.27. The van der Waals surface area contributed by atoms with Crippen LogP contribution in [0.3, 0.4) is 0 Å². The maximum absolute atomic E-state index is 12.1. The third-order valence-corrected chi connectivity index (χ3v) is 4.81. The number of hydrogen-bond acceptors (Lipinski definition) is 4. The van der Waals surface area contributed by atoms with Crippen LogP contribution < -0.4 is 16.0 Å². The van der Waals surface area contributed by atoms with Crippen LogP contribution in [0, 0.1) is 5.92 Å². The molecule has 7 heteroatoms. The molecule has 0 unspecified atom stereocenters. The standard InChI is InChI=1S/C20H23N3O3S/c24-18(12-14-4-1-2-5-14)23-20(27)22-16-9-7-15(8-10-16)19(25)21-13-17-6-3-11-26-17/h3,6-11,14H,1-2,4-5,12-13H2,(H,21,25)(H2,22,23,24,27). The summed E-state index contributed by atoms with van der Waals surface area (Å²) < 4.78 is 5.18. The van der Waals surface area contributed by atoms with Crippen molar-refractivity contribution in [2.45, 2.75) is 38.6 Å². The number of thiocarbonyl (C=S) groups is 1. The lowest BCUT2D eigenvalue weighted by molar-refractivity contribution is -0.120. The van der Waals surface area contributed by atoms with E-state index >= 15 is 0 Å². The van der Waals surface area contributed by atoms with Crippen molar-refractivity contribution in [3.8, 4) is 0 Å². The fourth-order valence-corrected chi connectivity index (χ4v) is 3.44. The zero-order valence-electron chi connectivity index (χ0n) is 15.0. The minimum absolute atomic E-state index is 0.0478. The van der Waals surface area contributed by atoms with Crippen LogP contribution in [0.1, 0.15) is 48.2 Å². The second-order valence-electron chi connectivity index (χ2n) is 6.70. The van der Waals surface area contributed by atoms with E-state index in [1.807, 2.05) is 0 Å². The van der Waals surface area contributed by atoms with Crippen LogP contribution >= 0.6 is 12.2 Å². The third-order valence-electron chi connectivity index (χ3n) is 4.61. The van der Waals surface area contributed by atoms with Gasteiger partial charge in [0.05, 0.1) is 12.8 Å². The summed E-state index contributed by atoms with van der Waals surface area (Å²) in [5.41, 5.74) is 1.24. The molecule has 1 aromatic heterocycles. The Morgan fingerprint density at radius 1 is 1.11 bits per heavy atom. The van der Waals surface area contributed by atoms with Crippen molar-refractivity contribution in [2.24, 2.45) is 5.92 Å². The molecule has 6 nitrogen and oxygen atoms in total. The fourth-order valence-electron chi connectivity index (χ4n) is 3.20. The van der Waals surface area contributed by atoms with Crippen molar-refractivity contribution < 1.29 is 14.0 Å². The first-order chi connectivity index (χ1) is 13.1. The average Bonchev–Trinajstić information content (AvgIpc) is 3.34. The van der Waals surface area contributed by atoms with Crippen molar-refractivity contribution in [3.63, 3.8) is 0 Å². The minimum atomic E-state index is -0.189. The SMILES string of the molecule is O=C(CC1CCCC1)NC(=S)Nc1ccc(C(=O)NCc2ccco2)cc1. The highest BCUT2D eigenvalue weighted by atomic mass is 32.1. The number of furan rings is 1. The summed E-state index contributed by atoms with van der Waals surface area (Å²) in [4.78, 5) is 24.1. The molecule has 0 radical (unpaired) electrons. The average molecular weight is 385 g/mol. The van der Waals surface area contributed by atoms with Crippen LogP contribution in [0.2, 0.25) is 0 Å². The molecule has 0 spiro atoms. The van der Waals surface area contributed by atoms with E-state index in [9.17, 15) is 9.59 Å². The van der Waals surface area contributed by atoms with Crippen LogP contribution in [-0.2, 0) is 11.3 Å². The minimum Gasteiger partial charge on any atom is -0.467 e. The van der Waals surface area contributed by atoms with Crippen LogP contribution in [0.4, 0.5) is 5.69 Å². The molecule has 2 amide bonds. The Kier molecular flexibility index (Phi) is 6.59. The summed E-state index contributed by atoms with van der Waals surface area (Å²) in [6.45, 7) is 0.336. The van der Waals surface area contributed by atoms with Gasteiger partial charge in [0, 0.05) is 17.7 Å². The lowest BCUT2D eigenvalue weighted by Gasteiger charge is -2.12. The van der Waals surface area contributed by atoms with Gasteiger partial charge >= 0.3 is 0 Å². The number of anilines is 1. The topological polar surface area (TPSA) is 83.4 Å². The molecule has 1 aromatic carbocycles. The maximum Gasteiger partial charge on any atom is 0.251 e. The van der Waals surface area contributed by atoms with E-state index in [1.165, 1.54) is 12.8 Å². The summed E-state index contributed by atoms with van der Waals surface area (Å²) in [7, 11) is 0. The first-order valence-corrected chi connectivity index (χ1v) is 9.52. The van der Waals surface area contributed by atoms with Gasteiger partial charge in [0.25, 0.3) is 5.91 Å². The number of carbonyl (C=O) groups excluding carboxylic acids is 2. The molecular weight excluding hydrogens is 362 g/mol. The molecule has 1 saturated carbocycles. The Balaban J connectivity index is 1.44. The second-order valence-corrected chi connectivity index (χ2v) is 7.10. The normalized spacial score (nSPS) is 13.9. The zero-order valence-corrected chi connectivity index (χ0v) is 15.8. The third kappa shape index (κ3) is 5.92. The molecule has 1 aliphatic rings. The lowest BCUT2D eigenvalue weighted by atomic mass is 10.0. The van der Waals surface area contributed by atoms with Crippen LogP contribution in [-0.4, -0.2) is 16.9 Å². The lowest BCUT2D eigenvalue weighted by Crippen LogP contribution is -2.34. The summed E-state index contributed by atoms with van der Waals surface area (Å²) in [5.74, 6) is 0.936. The molecule has 142 valence electrons. The summed E-state index contributed by atoms with van der Waals surface area (Å²) >= 11 is 5.19. The quantitative estimate of drug-likeness (QED) is 0.662. The predicted molar refractivity (Wildman–Crippen MR) is 107 cm³/mol. The Morgan fingerprint density at radius 3 is 2.52 bits per heavy atom. The van der Waals surface area contributed by atoms with E-state index in [4.69, 9.17) is 16.6 Å². The van der Waals surface area contributed by atoms with Gasteiger partial charge in [-0.3, -0.25) is 9.59 Å². The Morgan fingerprint density at radius 2 is 1.85 bits per heavy atom. The van der Waals surface area contributed by atoms with Gasteiger partial charge in [0.2, 0.25) is 5.91 Å². The van der Waals surface area contributed by atoms with Gasteiger partial charge in [-0.15, -0.1) is 0 Å². The predicted octanol–water partition coefficient (Wildman–Crippen LogP) is 3.60. The van der Waals surface area contributed by atoms with Gasteiger partial charge in [-0.25, -0.2) is 0 Å². The number of benzene rings is 1. The first-order valence-electron chi connectivity index (χ1n) is 9.11. The van der Waals surface area contributed by atoms with Gasteiger partial charge in [-0.1, -0.05) is 12.8 Å². The van der Waals surface area contributed by atoms with Crippen LogP contribution in [0.25, 0.3) is 0 Å². The zero-order chi connectivity index (χ0) is 19.1. The second kappa shape index (κ2) is 9.32. The van der Waals surface area contributed by atoms with Gasteiger partial charge in [-0.05, 0) is 67.4 Å².